The molecule has 0 fully saturated rings. The van der Waals surface area contributed by atoms with E-state index < -0.39 is 10.0 Å². The molecule has 0 saturated heterocycles. The zero-order valence-electron chi connectivity index (χ0n) is 14.1. The lowest BCUT2D eigenvalue weighted by atomic mass is 10.0. The van der Waals surface area contributed by atoms with Gasteiger partial charge in [-0.15, -0.1) is 0 Å². The Morgan fingerprint density at radius 1 is 1.00 bits per heavy atom. The first-order valence-corrected chi connectivity index (χ1v) is 9.21. The Balaban J connectivity index is 1.96. The second-order valence-electron chi connectivity index (χ2n) is 5.83. The first kappa shape index (κ1) is 16.8. The third-order valence-corrected chi connectivity index (χ3v) is 6.40. The SMILES string of the molecule is COc1cc2c(cc1OC)CN(S(=O)(=O)c1ccccc1C)CC2. The van der Waals surface area contributed by atoms with Crippen LogP contribution in [0, 0.1) is 6.92 Å². The lowest BCUT2D eigenvalue weighted by Gasteiger charge is -2.29. The molecular weight excluding hydrogens is 326 g/mol. The molecule has 128 valence electrons. The van der Waals surface area contributed by atoms with Crippen LogP contribution in [0.3, 0.4) is 0 Å². The van der Waals surface area contributed by atoms with Gasteiger partial charge in [-0.25, -0.2) is 8.42 Å². The summed E-state index contributed by atoms with van der Waals surface area (Å²) in [5, 5.41) is 0. The van der Waals surface area contributed by atoms with Crippen LogP contribution in [0.1, 0.15) is 16.7 Å². The van der Waals surface area contributed by atoms with E-state index >= 15 is 0 Å². The lowest BCUT2D eigenvalue weighted by Crippen LogP contribution is -2.36. The smallest absolute Gasteiger partial charge is 0.243 e. The number of hydrogen-bond acceptors (Lipinski definition) is 4. The molecule has 0 aromatic heterocycles. The van der Waals surface area contributed by atoms with E-state index in [1.54, 1.807) is 26.4 Å². The van der Waals surface area contributed by atoms with E-state index in [9.17, 15) is 8.42 Å². The molecule has 0 aliphatic carbocycles. The second kappa shape index (κ2) is 6.45. The number of methoxy groups -OCH3 is 2. The Kier molecular flexibility index (Phi) is 4.51. The van der Waals surface area contributed by atoms with Gasteiger partial charge in [0.05, 0.1) is 19.1 Å². The van der Waals surface area contributed by atoms with E-state index in [-0.39, 0.29) is 0 Å². The Morgan fingerprint density at radius 3 is 2.25 bits per heavy atom. The van der Waals surface area contributed by atoms with Gasteiger partial charge in [0.25, 0.3) is 0 Å². The predicted molar refractivity (Wildman–Crippen MR) is 92.0 cm³/mol. The predicted octanol–water partition coefficient (Wildman–Crippen LogP) is 2.76. The largest absolute Gasteiger partial charge is 0.493 e. The number of ether oxygens (including phenoxy) is 2. The molecule has 24 heavy (non-hydrogen) atoms. The average Bonchev–Trinajstić information content (AvgIpc) is 2.60. The van der Waals surface area contributed by atoms with Crippen molar-refractivity contribution in [2.75, 3.05) is 20.8 Å². The number of fused-ring (bicyclic) bond motifs is 1. The van der Waals surface area contributed by atoms with Crippen LogP contribution in [-0.4, -0.2) is 33.5 Å². The Morgan fingerprint density at radius 2 is 1.62 bits per heavy atom. The first-order valence-electron chi connectivity index (χ1n) is 7.77. The maximum absolute atomic E-state index is 13.0. The van der Waals surface area contributed by atoms with E-state index in [2.05, 4.69) is 0 Å². The zero-order valence-corrected chi connectivity index (χ0v) is 14.9. The molecule has 1 aliphatic rings. The molecule has 5 nitrogen and oxygen atoms in total. The molecule has 0 N–H and O–H groups in total. The van der Waals surface area contributed by atoms with Crippen molar-refractivity contribution in [2.45, 2.75) is 24.8 Å². The third-order valence-electron chi connectivity index (χ3n) is 4.39. The fourth-order valence-corrected chi connectivity index (χ4v) is 4.69. The van der Waals surface area contributed by atoms with Crippen LogP contribution in [0.25, 0.3) is 0 Å². The fourth-order valence-electron chi connectivity index (χ4n) is 3.05. The van der Waals surface area contributed by atoms with Crippen molar-refractivity contribution in [3.63, 3.8) is 0 Å². The third kappa shape index (κ3) is 2.87. The summed E-state index contributed by atoms with van der Waals surface area (Å²) in [6.45, 7) is 2.62. The van der Waals surface area contributed by atoms with Crippen LogP contribution in [0.5, 0.6) is 11.5 Å². The highest BCUT2D eigenvalue weighted by atomic mass is 32.2. The standard InChI is InChI=1S/C18H21NO4S/c1-13-6-4-5-7-18(13)24(20,21)19-9-8-14-10-16(22-2)17(23-3)11-15(14)12-19/h4-7,10-11H,8-9,12H2,1-3H3. The summed E-state index contributed by atoms with van der Waals surface area (Å²) in [6.07, 6.45) is 0.654. The van der Waals surface area contributed by atoms with E-state index in [4.69, 9.17) is 9.47 Å². The molecular formula is C18H21NO4S. The molecule has 6 heteroatoms. The Hall–Kier alpha value is -2.05. The van der Waals surface area contributed by atoms with E-state index in [1.807, 2.05) is 31.2 Å². The van der Waals surface area contributed by atoms with Crippen molar-refractivity contribution < 1.29 is 17.9 Å². The zero-order chi connectivity index (χ0) is 17.3. The number of aryl methyl sites for hydroxylation is 1. The molecule has 0 spiro atoms. The van der Waals surface area contributed by atoms with Crippen LogP contribution in [0.4, 0.5) is 0 Å². The van der Waals surface area contributed by atoms with Crippen molar-refractivity contribution in [3.8, 4) is 11.5 Å². The van der Waals surface area contributed by atoms with Crippen molar-refractivity contribution in [1.82, 2.24) is 4.31 Å². The van der Waals surface area contributed by atoms with Gasteiger partial charge in [0.15, 0.2) is 11.5 Å². The number of sulfonamides is 1. The van der Waals surface area contributed by atoms with Crippen molar-refractivity contribution in [3.05, 3.63) is 53.1 Å². The summed E-state index contributed by atoms with van der Waals surface area (Å²) in [5.41, 5.74) is 2.82. The summed E-state index contributed by atoms with van der Waals surface area (Å²) < 4.78 is 38.1. The van der Waals surface area contributed by atoms with E-state index in [0.717, 1.165) is 16.7 Å². The Labute approximate surface area is 142 Å². The quantitative estimate of drug-likeness (QED) is 0.853. The van der Waals surface area contributed by atoms with Crippen LogP contribution in [-0.2, 0) is 23.0 Å². The summed E-state index contributed by atoms with van der Waals surface area (Å²) in [6, 6.07) is 10.9. The molecule has 0 atom stereocenters. The number of benzene rings is 2. The van der Waals surface area contributed by atoms with Crippen molar-refractivity contribution in [1.29, 1.82) is 0 Å². The maximum Gasteiger partial charge on any atom is 0.243 e. The van der Waals surface area contributed by atoms with E-state index in [0.29, 0.717) is 35.9 Å². The Bertz CT molecular complexity index is 861. The minimum atomic E-state index is -3.51. The fraction of sp³-hybridized carbons (Fsp3) is 0.333. The number of rotatable bonds is 4. The van der Waals surface area contributed by atoms with Crippen molar-refractivity contribution >= 4 is 10.0 Å². The van der Waals surface area contributed by atoms with E-state index in [1.165, 1.54) is 4.31 Å². The second-order valence-corrected chi connectivity index (χ2v) is 7.74. The van der Waals surface area contributed by atoms with Gasteiger partial charge in [0, 0.05) is 13.1 Å². The average molecular weight is 347 g/mol. The minimum Gasteiger partial charge on any atom is -0.493 e. The highest BCUT2D eigenvalue weighted by Gasteiger charge is 2.30. The molecule has 1 aliphatic heterocycles. The summed E-state index contributed by atoms with van der Waals surface area (Å²) in [7, 11) is -0.332. The highest BCUT2D eigenvalue weighted by Crippen LogP contribution is 2.34. The summed E-state index contributed by atoms with van der Waals surface area (Å²) in [5.74, 6) is 1.29. The van der Waals surface area contributed by atoms with Crippen LogP contribution in [0.15, 0.2) is 41.3 Å². The molecule has 2 aromatic carbocycles. The molecule has 3 rings (SSSR count). The van der Waals surface area contributed by atoms with Gasteiger partial charge in [-0.2, -0.15) is 4.31 Å². The molecule has 1 heterocycles. The normalized spacial score (nSPS) is 15.0. The van der Waals surface area contributed by atoms with Gasteiger partial charge < -0.3 is 9.47 Å². The number of hydrogen-bond donors (Lipinski definition) is 0. The first-order chi connectivity index (χ1) is 11.5. The number of nitrogens with zero attached hydrogens (tertiary/aromatic N) is 1. The van der Waals surface area contributed by atoms with Gasteiger partial charge in [-0.3, -0.25) is 0 Å². The van der Waals surface area contributed by atoms with Crippen LogP contribution >= 0.6 is 0 Å². The van der Waals surface area contributed by atoms with Gasteiger partial charge in [-0.1, -0.05) is 18.2 Å². The minimum absolute atomic E-state index is 0.340. The highest BCUT2D eigenvalue weighted by molar-refractivity contribution is 7.89. The molecule has 0 unspecified atom stereocenters. The molecule has 2 aromatic rings. The van der Waals surface area contributed by atoms with Crippen LogP contribution in [0.2, 0.25) is 0 Å². The summed E-state index contributed by atoms with van der Waals surface area (Å²) in [4.78, 5) is 0.369. The van der Waals surface area contributed by atoms with Gasteiger partial charge >= 0.3 is 0 Å². The molecule has 0 bridgehead atoms. The van der Waals surface area contributed by atoms with Gasteiger partial charge in [0.2, 0.25) is 10.0 Å². The van der Waals surface area contributed by atoms with Crippen molar-refractivity contribution in [2.24, 2.45) is 0 Å². The lowest BCUT2D eigenvalue weighted by molar-refractivity contribution is 0.348. The topological polar surface area (TPSA) is 55.8 Å². The maximum atomic E-state index is 13.0. The van der Waals surface area contributed by atoms with Crippen LogP contribution < -0.4 is 9.47 Å². The molecule has 0 saturated carbocycles. The summed E-state index contributed by atoms with van der Waals surface area (Å²) >= 11 is 0. The monoisotopic (exact) mass is 347 g/mol. The molecule has 0 radical (unpaired) electrons. The van der Waals surface area contributed by atoms with Gasteiger partial charge in [-0.05, 0) is 48.2 Å². The molecule has 0 amide bonds. The van der Waals surface area contributed by atoms with Gasteiger partial charge in [0.1, 0.15) is 0 Å².